The lowest BCUT2D eigenvalue weighted by Crippen LogP contribution is -2.19. The number of carbonyl (C=O) groups is 3. The van der Waals surface area contributed by atoms with Crippen molar-refractivity contribution in [3.8, 4) is 0 Å². The number of rotatable bonds is 23. The van der Waals surface area contributed by atoms with Crippen molar-refractivity contribution in [2.45, 2.75) is 142 Å². The Labute approximate surface area is 230 Å². The number of esters is 2. The van der Waals surface area contributed by atoms with Crippen LogP contribution in [0.1, 0.15) is 129 Å². The number of aliphatic hydroxyl groups excluding tert-OH is 2. The first-order valence-electron chi connectivity index (χ1n) is 15.3. The van der Waals surface area contributed by atoms with Gasteiger partial charge in [0.2, 0.25) is 0 Å². The lowest BCUT2D eigenvalue weighted by molar-refractivity contribution is -0.146. The molecule has 7 nitrogen and oxygen atoms in total. The van der Waals surface area contributed by atoms with E-state index in [1.165, 1.54) is 12.8 Å². The average Bonchev–Trinajstić information content (AvgIpc) is 3.16. The predicted octanol–water partition coefficient (Wildman–Crippen LogP) is 6.23. The van der Waals surface area contributed by atoms with Crippen molar-refractivity contribution in [2.24, 2.45) is 11.8 Å². The lowest BCUT2D eigenvalue weighted by atomic mass is 9.88. The highest BCUT2D eigenvalue weighted by atomic mass is 16.5. The number of Topliss-reactive ketones (excluding diaryl/α,β-unsaturated/α-hetero) is 1. The molecule has 0 amide bonds. The molecule has 0 aromatic carbocycles. The Morgan fingerprint density at radius 3 is 2.00 bits per heavy atom. The van der Waals surface area contributed by atoms with Gasteiger partial charge in [-0.1, -0.05) is 90.2 Å². The van der Waals surface area contributed by atoms with Gasteiger partial charge in [0.1, 0.15) is 5.78 Å². The molecular weight excluding hydrogens is 484 g/mol. The molecule has 2 N–H and O–H groups in total. The van der Waals surface area contributed by atoms with E-state index >= 15 is 0 Å². The SMILES string of the molecule is CCCCCCCC(=O)OCCCOC(=O)CCCCCC[C@H]1C(=O)C[C@@H](O)[C@@H]1/C=C/[C@@H](O)CCCCC. The highest BCUT2D eigenvalue weighted by Crippen LogP contribution is 2.34. The van der Waals surface area contributed by atoms with Crippen molar-refractivity contribution < 1.29 is 34.1 Å². The van der Waals surface area contributed by atoms with E-state index < -0.39 is 12.2 Å². The Bertz CT molecular complexity index is 675. The minimum absolute atomic E-state index is 0.105. The number of aliphatic hydroxyl groups is 2. The zero-order chi connectivity index (χ0) is 28.0. The summed E-state index contributed by atoms with van der Waals surface area (Å²) in [6.45, 7) is 4.83. The Morgan fingerprint density at radius 1 is 0.842 bits per heavy atom. The van der Waals surface area contributed by atoms with E-state index in [2.05, 4.69) is 13.8 Å². The highest BCUT2D eigenvalue weighted by Gasteiger charge is 2.39. The predicted molar refractivity (Wildman–Crippen MR) is 150 cm³/mol. The van der Waals surface area contributed by atoms with Crippen LogP contribution >= 0.6 is 0 Å². The molecule has 0 aliphatic heterocycles. The monoisotopic (exact) mass is 538 g/mol. The molecule has 0 aromatic heterocycles. The van der Waals surface area contributed by atoms with Gasteiger partial charge in [-0.15, -0.1) is 0 Å². The van der Waals surface area contributed by atoms with E-state index in [0.29, 0.717) is 25.7 Å². The van der Waals surface area contributed by atoms with Crippen LogP contribution in [0.2, 0.25) is 0 Å². The molecule has 38 heavy (non-hydrogen) atoms. The van der Waals surface area contributed by atoms with Crippen molar-refractivity contribution >= 4 is 17.7 Å². The number of hydrogen-bond donors (Lipinski definition) is 2. The van der Waals surface area contributed by atoms with E-state index in [9.17, 15) is 24.6 Å². The fourth-order valence-electron chi connectivity index (χ4n) is 4.98. The summed E-state index contributed by atoms with van der Waals surface area (Å²) in [5.74, 6) is -0.713. The van der Waals surface area contributed by atoms with Gasteiger partial charge in [0.15, 0.2) is 0 Å². The summed E-state index contributed by atoms with van der Waals surface area (Å²) in [7, 11) is 0. The second kappa shape index (κ2) is 22.1. The maximum atomic E-state index is 12.4. The van der Waals surface area contributed by atoms with Gasteiger partial charge in [0, 0.05) is 37.5 Å². The molecule has 0 radical (unpaired) electrons. The molecule has 0 bridgehead atoms. The van der Waals surface area contributed by atoms with Gasteiger partial charge in [-0.3, -0.25) is 14.4 Å². The summed E-state index contributed by atoms with van der Waals surface area (Å²) in [6, 6.07) is 0. The Balaban J connectivity index is 2.10. The summed E-state index contributed by atoms with van der Waals surface area (Å²) in [4.78, 5) is 36.0. The van der Waals surface area contributed by atoms with Crippen molar-refractivity contribution in [2.75, 3.05) is 13.2 Å². The summed E-state index contributed by atoms with van der Waals surface area (Å²) in [5, 5.41) is 20.5. The van der Waals surface area contributed by atoms with E-state index in [1.54, 1.807) is 6.08 Å². The first-order valence-corrected chi connectivity index (χ1v) is 15.3. The first-order chi connectivity index (χ1) is 18.4. The van der Waals surface area contributed by atoms with Crippen LogP contribution < -0.4 is 0 Å². The second-order valence-corrected chi connectivity index (χ2v) is 10.8. The molecule has 0 saturated heterocycles. The van der Waals surface area contributed by atoms with Crippen LogP contribution in [-0.2, 0) is 23.9 Å². The molecule has 7 heteroatoms. The molecule has 0 aromatic rings. The Kier molecular flexibility index (Phi) is 20.0. The molecule has 1 aliphatic carbocycles. The third-order valence-electron chi connectivity index (χ3n) is 7.34. The molecule has 1 aliphatic rings. The third-order valence-corrected chi connectivity index (χ3v) is 7.34. The van der Waals surface area contributed by atoms with Crippen molar-refractivity contribution in [1.29, 1.82) is 0 Å². The molecule has 220 valence electrons. The van der Waals surface area contributed by atoms with E-state index in [1.807, 2.05) is 6.08 Å². The largest absolute Gasteiger partial charge is 0.466 e. The van der Waals surface area contributed by atoms with E-state index in [4.69, 9.17) is 9.47 Å². The maximum Gasteiger partial charge on any atom is 0.305 e. The average molecular weight is 539 g/mol. The van der Waals surface area contributed by atoms with Crippen LogP contribution in [0.15, 0.2) is 12.2 Å². The molecule has 0 heterocycles. The van der Waals surface area contributed by atoms with Crippen LogP contribution in [0.25, 0.3) is 0 Å². The number of ether oxygens (including phenoxy) is 2. The fourth-order valence-corrected chi connectivity index (χ4v) is 4.98. The minimum atomic E-state index is -0.666. The Hall–Kier alpha value is -1.73. The van der Waals surface area contributed by atoms with Crippen molar-refractivity contribution in [3.63, 3.8) is 0 Å². The minimum Gasteiger partial charge on any atom is -0.466 e. The topological polar surface area (TPSA) is 110 Å². The summed E-state index contributed by atoms with van der Waals surface area (Å²) >= 11 is 0. The number of unbranched alkanes of at least 4 members (excludes halogenated alkanes) is 9. The quantitative estimate of drug-likeness (QED) is 0.0901. The highest BCUT2D eigenvalue weighted by molar-refractivity contribution is 5.84. The molecule has 1 fully saturated rings. The molecular formula is C31H54O7. The van der Waals surface area contributed by atoms with Crippen LogP contribution in [0.5, 0.6) is 0 Å². The molecule has 4 atom stereocenters. The van der Waals surface area contributed by atoms with Gasteiger partial charge < -0.3 is 19.7 Å². The normalized spacial score (nSPS) is 20.2. The van der Waals surface area contributed by atoms with Crippen LogP contribution in [0.3, 0.4) is 0 Å². The number of carbonyl (C=O) groups excluding carboxylic acids is 3. The smallest absolute Gasteiger partial charge is 0.305 e. The van der Waals surface area contributed by atoms with Gasteiger partial charge in [-0.2, -0.15) is 0 Å². The standard InChI is InChI=1S/C31H54O7/c1-3-5-7-8-13-18-30(35)37-22-15-23-38-31(36)19-14-10-9-12-17-26-27(29(34)24-28(26)33)21-20-25(32)16-11-6-4-2/h20-21,25-27,29,32,34H,3-19,22-24H2,1-2H3/b21-20+/t25-,26+,27+,29+/m0/s1. The van der Waals surface area contributed by atoms with Crippen molar-refractivity contribution in [3.05, 3.63) is 12.2 Å². The van der Waals surface area contributed by atoms with E-state index in [0.717, 1.165) is 70.6 Å². The zero-order valence-electron chi connectivity index (χ0n) is 24.0. The maximum absolute atomic E-state index is 12.4. The second-order valence-electron chi connectivity index (χ2n) is 10.8. The fraction of sp³-hybridized carbons (Fsp3) is 0.839. The number of hydrogen-bond acceptors (Lipinski definition) is 7. The zero-order valence-corrected chi connectivity index (χ0v) is 24.0. The van der Waals surface area contributed by atoms with Gasteiger partial charge in [-0.05, 0) is 25.7 Å². The molecule has 0 spiro atoms. The first kappa shape index (κ1) is 34.3. The Morgan fingerprint density at radius 2 is 1.39 bits per heavy atom. The summed E-state index contributed by atoms with van der Waals surface area (Å²) in [6.07, 6.45) is 17.4. The summed E-state index contributed by atoms with van der Waals surface area (Å²) in [5.41, 5.74) is 0. The molecule has 0 unspecified atom stereocenters. The van der Waals surface area contributed by atoms with Crippen LogP contribution in [0, 0.1) is 11.8 Å². The molecule has 1 rings (SSSR count). The third kappa shape index (κ3) is 16.3. The lowest BCUT2D eigenvalue weighted by Gasteiger charge is -2.18. The number of ketones is 1. The van der Waals surface area contributed by atoms with Gasteiger partial charge in [0.05, 0.1) is 25.4 Å². The van der Waals surface area contributed by atoms with Gasteiger partial charge in [-0.25, -0.2) is 0 Å². The van der Waals surface area contributed by atoms with E-state index in [-0.39, 0.29) is 49.2 Å². The molecule has 1 saturated carbocycles. The van der Waals surface area contributed by atoms with Gasteiger partial charge in [0.25, 0.3) is 0 Å². The van der Waals surface area contributed by atoms with Crippen LogP contribution in [0.4, 0.5) is 0 Å². The van der Waals surface area contributed by atoms with Gasteiger partial charge >= 0.3 is 11.9 Å². The summed E-state index contributed by atoms with van der Waals surface area (Å²) < 4.78 is 10.4. The van der Waals surface area contributed by atoms with Crippen LogP contribution in [-0.4, -0.2) is 53.4 Å². The van der Waals surface area contributed by atoms with Crippen molar-refractivity contribution in [1.82, 2.24) is 0 Å².